The molecule has 0 spiro atoms. The summed E-state index contributed by atoms with van der Waals surface area (Å²) in [7, 11) is 0. The third-order valence-corrected chi connectivity index (χ3v) is 5.55. The minimum Gasteiger partial charge on any atom is -0.337 e. The molecule has 2 aromatic carbocycles. The van der Waals surface area contributed by atoms with Crippen LogP contribution in [-0.4, -0.2) is 40.7 Å². The molecule has 1 N–H and O–H groups in total. The second-order valence-corrected chi connectivity index (χ2v) is 7.65. The maximum Gasteiger partial charge on any atom is 0.325 e. The molecule has 3 rings (SSSR count). The van der Waals surface area contributed by atoms with Gasteiger partial charge in [0.1, 0.15) is 12.1 Å². The highest BCUT2D eigenvalue weighted by atomic mass is 16.2. The summed E-state index contributed by atoms with van der Waals surface area (Å²) in [4.78, 5) is 41.1. The number of nitrogens with zero attached hydrogens (tertiary/aromatic N) is 2. The second kappa shape index (κ2) is 8.07. The third kappa shape index (κ3) is 4.01. The maximum atomic E-state index is 13.1. The lowest BCUT2D eigenvalue weighted by molar-refractivity contribution is -0.139. The van der Waals surface area contributed by atoms with Crippen LogP contribution in [0.3, 0.4) is 0 Å². The number of aryl methyl sites for hydroxylation is 2. The Bertz CT molecular complexity index is 939. The van der Waals surface area contributed by atoms with Crippen LogP contribution in [0.4, 0.5) is 4.79 Å². The molecule has 6 nitrogen and oxygen atoms in total. The molecule has 0 bridgehead atoms. The Hall–Kier alpha value is -3.15. The fourth-order valence-electron chi connectivity index (χ4n) is 3.53. The van der Waals surface area contributed by atoms with Gasteiger partial charge in [-0.3, -0.25) is 14.5 Å². The number of imide groups is 1. The molecule has 1 heterocycles. The van der Waals surface area contributed by atoms with Crippen LogP contribution in [0.1, 0.15) is 36.1 Å². The fourth-order valence-corrected chi connectivity index (χ4v) is 3.53. The van der Waals surface area contributed by atoms with Crippen LogP contribution in [-0.2, 0) is 21.7 Å². The minimum absolute atomic E-state index is 0.257. The van der Waals surface area contributed by atoms with Gasteiger partial charge in [-0.05, 0) is 44.4 Å². The van der Waals surface area contributed by atoms with E-state index >= 15 is 0 Å². The summed E-state index contributed by atoms with van der Waals surface area (Å²) in [6, 6.07) is 14.8. The molecule has 0 aliphatic carbocycles. The van der Waals surface area contributed by atoms with Gasteiger partial charge < -0.3 is 10.2 Å². The quantitative estimate of drug-likeness (QED) is 0.767. The van der Waals surface area contributed by atoms with E-state index in [-0.39, 0.29) is 12.5 Å². The number of amides is 4. The van der Waals surface area contributed by atoms with E-state index in [1.54, 1.807) is 11.8 Å². The topological polar surface area (TPSA) is 69.7 Å². The van der Waals surface area contributed by atoms with E-state index in [4.69, 9.17) is 0 Å². The highest BCUT2D eigenvalue weighted by Crippen LogP contribution is 2.29. The van der Waals surface area contributed by atoms with E-state index in [0.29, 0.717) is 18.7 Å². The van der Waals surface area contributed by atoms with E-state index < -0.39 is 17.5 Å². The Morgan fingerprint density at radius 3 is 2.34 bits per heavy atom. The monoisotopic (exact) mass is 393 g/mol. The van der Waals surface area contributed by atoms with E-state index in [0.717, 1.165) is 21.6 Å². The number of urea groups is 1. The van der Waals surface area contributed by atoms with Gasteiger partial charge in [-0.2, -0.15) is 0 Å². The molecule has 1 saturated heterocycles. The number of carbonyl (C=O) groups excluding carboxylic acids is 3. The lowest BCUT2D eigenvalue weighted by Gasteiger charge is -2.25. The van der Waals surface area contributed by atoms with Crippen LogP contribution in [0, 0.1) is 13.8 Å². The molecular formula is C23H27N3O3. The van der Waals surface area contributed by atoms with Gasteiger partial charge in [-0.25, -0.2) is 4.79 Å². The third-order valence-electron chi connectivity index (χ3n) is 5.55. The molecular weight excluding hydrogens is 366 g/mol. The molecule has 4 amide bonds. The van der Waals surface area contributed by atoms with Gasteiger partial charge in [0.05, 0.1) is 0 Å². The van der Waals surface area contributed by atoms with Crippen LogP contribution in [0.2, 0.25) is 0 Å². The zero-order chi connectivity index (χ0) is 21.2. The van der Waals surface area contributed by atoms with Gasteiger partial charge in [-0.1, -0.05) is 54.1 Å². The first-order chi connectivity index (χ1) is 13.8. The Morgan fingerprint density at radius 2 is 1.72 bits per heavy atom. The van der Waals surface area contributed by atoms with Crippen molar-refractivity contribution in [3.63, 3.8) is 0 Å². The van der Waals surface area contributed by atoms with E-state index in [9.17, 15) is 14.4 Å². The predicted octanol–water partition coefficient (Wildman–Crippen LogP) is 3.12. The number of hydrogen-bond acceptors (Lipinski definition) is 3. The molecule has 2 aromatic rings. The summed E-state index contributed by atoms with van der Waals surface area (Å²) < 4.78 is 0. The number of rotatable bonds is 6. The SMILES string of the molecule is CCN(Cc1ccccc1C)C(=O)CN1C(=O)NC(C)(c2ccc(C)cc2)C1=O. The van der Waals surface area contributed by atoms with Crippen molar-refractivity contribution in [3.05, 3.63) is 70.8 Å². The standard InChI is InChI=1S/C23H27N3O3/c1-5-25(14-18-9-7-6-8-17(18)3)20(27)15-26-21(28)23(4,24-22(26)29)19-12-10-16(2)11-13-19/h6-13H,5,14-15H2,1-4H3,(H,24,29). The summed E-state index contributed by atoms with van der Waals surface area (Å²) in [6.07, 6.45) is 0. The fraction of sp³-hybridized carbons (Fsp3) is 0.348. The highest BCUT2D eigenvalue weighted by Gasteiger charge is 2.49. The van der Waals surface area contributed by atoms with Crippen molar-refractivity contribution in [2.75, 3.05) is 13.1 Å². The predicted molar refractivity (Wildman–Crippen MR) is 111 cm³/mol. The molecule has 1 aliphatic heterocycles. The van der Waals surface area contributed by atoms with Gasteiger partial charge in [0.25, 0.3) is 5.91 Å². The number of likely N-dealkylation sites (N-methyl/N-ethyl adjacent to an activating group) is 1. The summed E-state index contributed by atoms with van der Waals surface area (Å²) in [6.45, 7) is 8.18. The first kappa shape index (κ1) is 20.6. The molecule has 0 saturated carbocycles. The van der Waals surface area contributed by atoms with Crippen LogP contribution in [0.15, 0.2) is 48.5 Å². The van der Waals surface area contributed by atoms with Crippen LogP contribution in [0.25, 0.3) is 0 Å². The molecule has 0 radical (unpaired) electrons. The van der Waals surface area contributed by atoms with Crippen molar-refractivity contribution in [2.24, 2.45) is 0 Å². The highest BCUT2D eigenvalue weighted by molar-refractivity contribution is 6.09. The van der Waals surface area contributed by atoms with Gasteiger partial charge in [0, 0.05) is 13.1 Å². The van der Waals surface area contributed by atoms with Crippen LogP contribution < -0.4 is 5.32 Å². The largest absolute Gasteiger partial charge is 0.337 e. The Balaban J connectivity index is 1.75. The van der Waals surface area contributed by atoms with Gasteiger partial charge in [0.15, 0.2) is 0 Å². The number of hydrogen-bond donors (Lipinski definition) is 1. The molecule has 1 atom stereocenters. The lowest BCUT2D eigenvalue weighted by atomic mass is 9.91. The molecule has 0 aromatic heterocycles. The summed E-state index contributed by atoms with van der Waals surface area (Å²) >= 11 is 0. The average Bonchev–Trinajstić information content (AvgIpc) is 2.91. The van der Waals surface area contributed by atoms with E-state index in [1.807, 2.05) is 69.3 Å². The molecule has 152 valence electrons. The molecule has 6 heteroatoms. The zero-order valence-corrected chi connectivity index (χ0v) is 17.4. The van der Waals surface area contributed by atoms with Crippen molar-refractivity contribution in [2.45, 2.75) is 39.8 Å². The Morgan fingerprint density at radius 1 is 1.07 bits per heavy atom. The maximum absolute atomic E-state index is 13.1. The van der Waals surface area contributed by atoms with E-state index in [1.165, 1.54) is 0 Å². The van der Waals surface area contributed by atoms with Crippen LogP contribution in [0.5, 0.6) is 0 Å². The van der Waals surface area contributed by atoms with Crippen molar-refractivity contribution in [3.8, 4) is 0 Å². The van der Waals surface area contributed by atoms with Gasteiger partial charge >= 0.3 is 6.03 Å². The number of nitrogens with one attached hydrogen (secondary N) is 1. The van der Waals surface area contributed by atoms with Gasteiger partial charge in [0.2, 0.25) is 5.91 Å². The average molecular weight is 393 g/mol. The van der Waals surface area contributed by atoms with E-state index in [2.05, 4.69) is 5.32 Å². The molecule has 1 unspecified atom stereocenters. The van der Waals surface area contributed by atoms with Crippen molar-refractivity contribution >= 4 is 17.8 Å². The Kier molecular flexibility index (Phi) is 5.73. The summed E-state index contributed by atoms with van der Waals surface area (Å²) in [5.74, 6) is -0.668. The van der Waals surface area contributed by atoms with Crippen LogP contribution >= 0.6 is 0 Å². The summed E-state index contributed by atoms with van der Waals surface area (Å²) in [5, 5.41) is 2.75. The molecule has 29 heavy (non-hydrogen) atoms. The molecule has 1 fully saturated rings. The van der Waals surface area contributed by atoms with Gasteiger partial charge in [-0.15, -0.1) is 0 Å². The van der Waals surface area contributed by atoms with Crippen molar-refractivity contribution in [1.82, 2.24) is 15.1 Å². The minimum atomic E-state index is -1.17. The first-order valence-corrected chi connectivity index (χ1v) is 9.79. The smallest absolute Gasteiger partial charge is 0.325 e. The number of benzene rings is 2. The Labute approximate surface area is 171 Å². The lowest BCUT2D eigenvalue weighted by Crippen LogP contribution is -2.44. The number of carbonyl (C=O) groups is 3. The second-order valence-electron chi connectivity index (χ2n) is 7.65. The summed E-state index contributed by atoms with van der Waals surface area (Å²) in [5.41, 5.74) is 2.74. The van der Waals surface area contributed by atoms with Crippen molar-refractivity contribution in [1.29, 1.82) is 0 Å². The zero-order valence-electron chi connectivity index (χ0n) is 17.4. The first-order valence-electron chi connectivity index (χ1n) is 9.79. The molecule has 1 aliphatic rings. The van der Waals surface area contributed by atoms with Crippen molar-refractivity contribution < 1.29 is 14.4 Å². The normalized spacial score (nSPS) is 18.7.